The molecule has 1 aromatic rings. The van der Waals surface area contributed by atoms with Gasteiger partial charge in [0, 0.05) is 18.8 Å². The Balaban J connectivity index is 2.70. The molecule has 0 bridgehead atoms. The summed E-state index contributed by atoms with van der Waals surface area (Å²) in [6.07, 6.45) is 0.437. The number of hydrogen-bond acceptors (Lipinski definition) is 3. The number of aliphatic hydroxyl groups is 1. The molecule has 0 saturated carbocycles. The van der Waals surface area contributed by atoms with Gasteiger partial charge in [-0.05, 0) is 44.2 Å². The maximum Gasteiger partial charge on any atom is 0.123 e. The molecule has 0 aromatic heterocycles. The van der Waals surface area contributed by atoms with Crippen LogP contribution in [0.4, 0.5) is 10.1 Å². The van der Waals surface area contributed by atoms with Crippen LogP contribution >= 0.6 is 0 Å². The number of nitrogens with two attached hydrogens (primary N) is 1. The van der Waals surface area contributed by atoms with Gasteiger partial charge in [0.05, 0.1) is 6.10 Å². The summed E-state index contributed by atoms with van der Waals surface area (Å²) in [7, 11) is 0. The molecule has 1 atom stereocenters. The van der Waals surface area contributed by atoms with Crippen LogP contribution in [0.2, 0.25) is 0 Å². The topological polar surface area (TPSA) is 49.5 Å². The summed E-state index contributed by atoms with van der Waals surface area (Å²) in [5, 5.41) is 9.39. The Morgan fingerprint density at radius 2 is 2.00 bits per heavy atom. The van der Waals surface area contributed by atoms with Crippen molar-refractivity contribution in [2.24, 2.45) is 5.73 Å². The lowest BCUT2D eigenvalue weighted by Crippen LogP contribution is -2.32. The lowest BCUT2D eigenvalue weighted by Gasteiger charge is -2.26. The summed E-state index contributed by atoms with van der Waals surface area (Å²) < 4.78 is 12.8. The van der Waals surface area contributed by atoms with Crippen molar-refractivity contribution < 1.29 is 9.50 Å². The van der Waals surface area contributed by atoms with E-state index in [1.54, 1.807) is 19.1 Å². The quantitative estimate of drug-likeness (QED) is 0.770. The van der Waals surface area contributed by atoms with E-state index in [9.17, 15) is 9.50 Å². The average Bonchev–Trinajstić information content (AvgIpc) is 2.25. The molecule has 0 heterocycles. The largest absolute Gasteiger partial charge is 0.392 e. The molecule has 1 rings (SSSR count). The summed E-state index contributed by atoms with van der Waals surface area (Å²) >= 11 is 0. The number of halogens is 1. The van der Waals surface area contributed by atoms with Crippen molar-refractivity contribution in [2.75, 3.05) is 24.5 Å². The van der Waals surface area contributed by atoms with Crippen molar-refractivity contribution in [3.63, 3.8) is 0 Å². The fraction of sp³-hybridized carbons (Fsp3) is 0.500. The normalized spacial score (nSPS) is 12.5. The first kappa shape index (κ1) is 12.9. The van der Waals surface area contributed by atoms with Crippen molar-refractivity contribution >= 4 is 5.69 Å². The van der Waals surface area contributed by atoms with Gasteiger partial charge in [0.15, 0.2) is 0 Å². The van der Waals surface area contributed by atoms with Crippen molar-refractivity contribution in [3.05, 3.63) is 30.1 Å². The molecule has 3 N–H and O–H groups in total. The van der Waals surface area contributed by atoms with Gasteiger partial charge >= 0.3 is 0 Å². The van der Waals surface area contributed by atoms with E-state index in [2.05, 4.69) is 0 Å². The van der Waals surface area contributed by atoms with Gasteiger partial charge in [-0.25, -0.2) is 4.39 Å². The maximum atomic E-state index is 12.8. The molecule has 16 heavy (non-hydrogen) atoms. The summed E-state index contributed by atoms with van der Waals surface area (Å²) in [6.45, 7) is 3.65. The third kappa shape index (κ3) is 4.16. The van der Waals surface area contributed by atoms with Crippen LogP contribution in [0, 0.1) is 5.82 Å². The number of aliphatic hydroxyl groups excluding tert-OH is 1. The second-order valence-electron chi connectivity index (χ2n) is 3.91. The number of rotatable bonds is 6. The molecule has 0 aliphatic carbocycles. The summed E-state index contributed by atoms with van der Waals surface area (Å²) in [4.78, 5) is 2.01. The van der Waals surface area contributed by atoms with E-state index in [4.69, 9.17) is 5.73 Å². The van der Waals surface area contributed by atoms with Gasteiger partial charge in [0.1, 0.15) is 5.82 Å². The zero-order chi connectivity index (χ0) is 12.0. The predicted molar refractivity (Wildman–Crippen MR) is 64.0 cm³/mol. The van der Waals surface area contributed by atoms with Gasteiger partial charge < -0.3 is 15.7 Å². The first-order valence-corrected chi connectivity index (χ1v) is 5.52. The van der Waals surface area contributed by atoms with Crippen molar-refractivity contribution in [1.29, 1.82) is 0 Å². The van der Waals surface area contributed by atoms with Gasteiger partial charge in [0.2, 0.25) is 0 Å². The fourth-order valence-electron chi connectivity index (χ4n) is 1.58. The van der Waals surface area contributed by atoms with E-state index < -0.39 is 6.10 Å². The predicted octanol–water partition coefficient (Wildman–Crippen LogP) is 1.36. The standard InChI is InChI=1S/C12H19FN2O/c1-10(16)9-15(8-2-7-14)12-5-3-11(13)4-6-12/h3-6,10,16H,2,7-9,14H2,1H3. The molecule has 0 radical (unpaired) electrons. The highest BCUT2D eigenvalue weighted by atomic mass is 19.1. The zero-order valence-electron chi connectivity index (χ0n) is 9.56. The molecule has 0 amide bonds. The van der Waals surface area contributed by atoms with E-state index in [0.29, 0.717) is 13.1 Å². The van der Waals surface area contributed by atoms with Crippen LogP contribution in [0.15, 0.2) is 24.3 Å². The van der Waals surface area contributed by atoms with Gasteiger partial charge in [-0.2, -0.15) is 0 Å². The smallest absolute Gasteiger partial charge is 0.123 e. The van der Waals surface area contributed by atoms with Gasteiger partial charge in [-0.15, -0.1) is 0 Å². The molecule has 3 nitrogen and oxygen atoms in total. The Bertz CT molecular complexity index is 300. The summed E-state index contributed by atoms with van der Waals surface area (Å²) in [6, 6.07) is 6.28. The zero-order valence-corrected chi connectivity index (χ0v) is 9.56. The lowest BCUT2D eigenvalue weighted by atomic mass is 10.2. The monoisotopic (exact) mass is 226 g/mol. The maximum absolute atomic E-state index is 12.8. The molecule has 0 fully saturated rings. The Labute approximate surface area is 95.7 Å². The first-order valence-electron chi connectivity index (χ1n) is 5.52. The van der Waals surface area contributed by atoms with Crippen LogP contribution in [0.3, 0.4) is 0 Å². The van der Waals surface area contributed by atoms with Crippen molar-refractivity contribution in [3.8, 4) is 0 Å². The van der Waals surface area contributed by atoms with Crippen LogP contribution in [0.1, 0.15) is 13.3 Å². The fourth-order valence-corrected chi connectivity index (χ4v) is 1.58. The van der Waals surface area contributed by atoms with Gasteiger partial charge in [0.25, 0.3) is 0 Å². The Morgan fingerprint density at radius 1 is 1.38 bits per heavy atom. The highest BCUT2D eigenvalue weighted by Crippen LogP contribution is 2.15. The number of nitrogens with zero attached hydrogens (tertiary/aromatic N) is 1. The van der Waals surface area contributed by atoms with E-state index >= 15 is 0 Å². The second-order valence-corrected chi connectivity index (χ2v) is 3.91. The Kier molecular flexibility index (Phi) is 5.22. The molecule has 1 aromatic carbocycles. The first-order chi connectivity index (χ1) is 7.63. The van der Waals surface area contributed by atoms with Crippen LogP contribution in [0.5, 0.6) is 0 Å². The number of hydrogen-bond donors (Lipinski definition) is 2. The van der Waals surface area contributed by atoms with Crippen molar-refractivity contribution in [1.82, 2.24) is 0 Å². The highest BCUT2D eigenvalue weighted by molar-refractivity contribution is 5.46. The minimum absolute atomic E-state index is 0.250. The molecule has 0 aliphatic rings. The molecule has 1 unspecified atom stereocenters. The lowest BCUT2D eigenvalue weighted by molar-refractivity contribution is 0.200. The van der Waals surface area contributed by atoms with Crippen LogP contribution < -0.4 is 10.6 Å². The van der Waals surface area contributed by atoms with Gasteiger partial charge in [-0.3, -0.25) is 0 Å². The van der Waals surface area contributed by atoms with E-state index in [-0.39, 0.29) is 5.82 Å². The average molecular weight is 226 g/mol. The number of benzene rings is 1. The third-order valence-corrected chi connectivity index (χ3v) is 2.31. The highest BCUT2D eigenvalue weighted by Gasteiger charge is 2.08. The van der Waals surface area contributed by atoms with E-state index in [1.807, 2.05) is 4.90 Å². The minimum Gasteiger partial charge on any atom is -0.392 e. The van der Waals surface area contributed by atoms with E-state index in [0.717, 1.165) is 18.7 Å². The van der Waals surface area contributed by atoms with E-state index in [1.165, 1.54) is 12.1 Å². The molecular formula is C12H19FN2O. The van der Waals surface area contributed by atoms with Crippen LogP contribution in [0.25, 0.3) is 0 Å². The molecule has 0 saturated heterocycles. The Morgan fingerprint density at radius 3 is 2.50 bits per heavy atom. The molecular weight excluding hydrogens is 207 g/mol. The molecule has 0 aliphatic heterocycles. The van der Waals surface area contributed by atoms with Crippen LogP contribution in [-0.2, 0) is 0 Å². The molecule has 0 spiro atoms. The molecule has 90 valence electrons. The second kappa shape index (κ2) is 6.45. The SMILES string of the molecule is CC(O)CN(CCCN)c1ccc(F)cc1. The Hall–Kier alpha value is -1.13. The van der Waals surface area contributed by atoms with Crippen molar-refractivity contribution in [2.45, 2.75) is 19.4 Å². The molecule has 4 heteroatoms. The third-order valence-electron chi connectivity index (χ3n) is 2.31. The number of anilines is 1. The van der Waals surface area contributed by atoms with Crippen LogP contribution in [-0.4, -0.2) is 30.8 Å². The van der Waals surface area contributed by atoms with Gasteiger partial charge in [-0.1, -0.05) is 0 Å². The summed E-state index contributed by atoms with van der Waals surface area (Å²) in [5.41, 5.74) is 6.37. The minimum atomic E-state index is -0.414. The summed E-state index contributed by atoms with van der Waals surface area (Å²) in [5.74, 6) is -0.250.